The van der Waals surface area contributed by atoms with E-state index in [0.717, 1.165) is 38.2 Å². The Labute approximate surface area is 192 Å². The van der Waals surface area contributed by atoms with Gasteiger partial charge in [-0.15, -0.1) is 0 Å². The lowest BCUT2D eigenvalue weighted by molar-refractivity contribution is 0.151. The van der Waals surface area contributed by atoms with E-state index in [-0.39, 0.29) is 17.0 Å². The molecule has 2 aliphatic rings. The first-order valence-corrected chi connectivity index (χ1v) is 11.4. The third-order valence-corrected chi connectivity index (χ3v) is 6.95. The van der Waals surface area contributed by atoms with Crippen LogP contribution in [0.25, 0.3) is 0 Å². The lowest BCUT2D eigenvalue weighted by atomic mass is 9.74. The lowest BCUT2D eigenvalue weighted by Crippen LogP contribution is -2.46. The van der Waals surface area contributed by atoms with Crippen molar-refractivity contribution < 1.29 is 13.6 Å². The number of likely N-dealkylation sites (tertiary alicyclic amines) is 1. The molecule has 0 aromatic heterocycles. The Kier molecular flexibility index (Phi) is 5.85. The standard InChI is InChI=1S/C27H27F2N3O/c28-25(29)21-10-12-22(13-11-21)30-26(33)32-19-27(23-8-4-5-9-24(23)32)14-16-31(17-15-27)18-20-6-2-1-3-7-20/h1-13,25H,14-19H2,(H,30,33). The summed E-state index contributed by atoms with van der Waals surface area (Å²) >= 11 is 0. The number of hydrogen-bond acceptors (Lipinski definition) is 2. The van der Waals surface area contributed by atoms with E-state index in [2.05, 4.69) is 40.5 Å². The van der Waals surface area contributed by atoms with Crippen LogP contribution in [0.4, 0.5) is 25.0 Å². The van der Waals surface area contributed by atoms with Crippen molar-refractivity contribution in [1.29, 1.82) is 0 Å². The smallest absolute Gasteiger partial charge is 0.308 e. The number of para-hydroxylation sites is 1. The lowest BCUT2D eigenvalue weighted by Gasteiger charge is -2.40. The molecule has 3 aromatic carbocycles. The second-order valence-corrected chi connectivity index (χ2v) is 9.00. The molecule has 2 aliphatic heterocycles. The molecular weight excluding hydrogens is 420 g/mol. The van der Waals surface area contributed by atoms with E-state index in [1.165, 1.54) is 35.4 Å². The highest BCUT2D eigenvalue weighted by atomic mass is 19.3. The fraction of sp³-hybridized carbons (Fsp3) is 0.296. The average Bonchev–Trinajstić information content (AvgIpc) is 3.16. The predicted octanol–water partition coefficient (Wildman–Crippen LogP) is 6.21. The van der Waals surface area contributed by atoms with Crippen LogP contribution in [-0.4, -0.2) is 30.6 Å². The topological polar surface area (TPSA) is 35.6 Å². The first-order valence-electron chi connectivity index (χ1n) is 11.4. The van der Waals surface area contributed by atoms with Crippen LogP contribution in [0.15, 0.2) is 78.9 Å². The van der Waals surface area contributed by atoms with Crippen molar-refractivity contribution in [3.8, 4) is 0 Å². The van der Waals surface area contributed by atoms with Gasteiger partial charge in [-0.3, -0.25) is 9.80 Å². The summed E-state index contributed by atoms with van der Waals surface area (Å²) in [6, 6.07) is 24.2. The summed E-state index contributed by atoms with van der Waals surface area (Å²) < 4.78 is 25.7. The van der Waals surface area contributed by atoms with Crippen LogP contribution in [0.5, 0.6) is 0 Å². The molecule has 0 atom stereocenters. The van der Waals surface area contributed by atoms with Crippen molar-refractivity contribution >= 4 is 17.4 Å². The van der Waals surface area contributed by atoms with Gasteiger partial charge < -0.3 is 5.32 Å². The molecule has 1 fully saturated rings. The quantitative estimate of drug-likeness (QED) is 0.516. The second kappa shape index (κ2) is 8.94. The summed E-state index contributed by atoms with van der Waals surface area (Å²) in [5, 5.41) is 2.89. The predicted molar refractivity (Wildman–Crippen MR) is 127 cm³/mol. The van der Waals surface area contributed by atoms with Crippen molar-refractivity contribution in [2.45, 2.75) is 31.2 Å². The minimum Gasteiger partial charge on any atom is -0.308 e. The molecule has 4 nitrogen and oxygen atoms in total. The Bertz CT molecular complexity index is 1110. The van der Waals surface area contributed by atoms with Gasteiger partial charge in [0.05, 0.1) is 0 Å². The molecule has 0 aliphatic carbocycles. The molecule has 2 amide bonds. The molecule has 1 saturated heterocycles. The number of benzene rings is 3. The maximum atomic E-state index is 13.2. The van der Waals surface area contributed by atoms with Crippen LogP contribution in [0, 0.1) is 0 Å². The Balaban J connectivity index is 1.30. The van der Waals surface area contributed by atoms with Gasteiger partial charge in [0, 0.05) is 35.4 Å². The van der Waals surface area contributed by atoms with Crippen LogP contribution in [0.2, 0.25) is 0 Å². The molecule has 0 radical (unpaired) electrons. The van der Waals surface area contributed by atoms with Crippen molar-refractivity contribution in [1.82, 2.24) is 4.90 Å². The number of amides is 2. The van der Waals surface area contributed by atoms with Gasteiger partial charge in [0.15, 0.2) is 0 Å². The van der Waals surface area contributed by atoms with Crippen molar-refractivity contribution in [3.63, 3.8) is 0 Å². The fourth-order valence-corrected chi connectivity index (χ4v) is 5.12. The maximum absolute atomic E-state index is 13.2. The third kappa shape index (κ3) is 4.35. The third-order valence-electron chi connectivity index (χ3n) is 6.95. The summed E-state index contributed by atoms with van der Waals surface area (Å²) in [6.45, 7) is 3.53. The SMILES string of the molecule is O=C(Nc1ccc(C(F)F)cc1)N1CC2(CCN(Cc3ccccc3)CC2)c2ccccc21. The largest absolute Gasteiger partial charge is 0.326 e. The highest BCUT2D eigenvalue weighted by molar-refractivity contribution is 6.03. The zero-order chi connectivity index (χ0) is 22.8. The molecule has 0 saturated carbocycles. The number of carbonyl (C=O) groups excluding carboxylic acids is 1. The van der Waals surface area contributed by atoms with Crippen LogP contribution in [-0.2, 0) is 12.0 Å². The molecule has 2 heterocycles. The first-order chi connectivity index (χ1) is 16.0. The van der Waals surface area contributed by atoms with Crippen LogP contribution in [0.3, 0.4) is 0 Å². The number of piperidine rings is 1. The minimum absolute atomic E-state index is 0.0549. The Morgan fingerprint density at radius 1 is 0.909 bits per heavy atom. The van der Waals surface area contributed by atoms with Gasteiger partial charge in [-0.2, -0.15) is 0 Å². The van der Waals surface area contributed by atoms with Gasteiger partial charge in [0.2, 0.25) is 0 Å². The van der Waals surface area contributed by atoms with E-state index < -0.39 is 6.43 Å². The van der Waals surface area contributed by atoms with E-state index in [1.54, 1.807) is 0 Å². The van der Waals surface area contributed by atoms with E-state index in [9.17, 15) is 13.6 Å². The van der Waals surface area contributed by atoms with E-state index in [1.807, 2.05) is 29.2 Å². The number of alkyl halides is 2. The van der Waals surface area contributed by atoms with Crippen molar-refractivity contribution in [3.05, 3.63) is 95.6 Å². The van der Waals surface area contributed by atoms with E-state index >= 15 is 0 Å². The Morgan fingerprint density at radius 2 is 1.58 bits per heavy atom. The molecular formula is C27H27F2N3O. The van der Waals surface area contributed by atoms with Crippen LogP contribution < -0.4 is 10.2 Å². The molecule has 0 bridgehead atoms. The molecule has 5 rings (SSSR count). The number of anilines is 2. The van der Waals surface area contributed by atoms with Gasteiger partial charge in [-0.25, -0.2) is 13.6 Å². The van der Waals surface area contributed by atoms with E-state index in [0.29, 0.717) is 12.2 Å². The zero-order valence-corrected chi connectivity index (χ0v) is 18.4. The van der Waals surface area contributed by atoms with Gasteiger partial charge in [-0.1, -0.05) is 60.7 Å². The van der Waals surface area contributed by atoms with Crippen molar-refractivity contribution in [2.75, 3.05) is 29.9 Å². The number of nitrogens with one attached hydrogen (secondary N) is 1. The molecule has 6 heteroatoms. The van der Waals surface area contributed by atoms with Gasteiger partial charge in [-0.05, 0) is 55.3 Å². The highest BCUT2D eigenvalue weighted by Crippen LogP contribution is 2.47. The number of carbonyl (C=O) groups is 1. The van der Waals surface area contributed by atoms with E-state index in [4.69, 9.17) is 0 Å². The van der Waals surface area contributed by atoms with Crippen LogP contribution in [0.1, 0.15) is 36.0 Å². The van der Waals surface area contributed by atoms with Crippen LogP contribution >= 0.6 is 0 Å². The summed E-state index contributed by atoms with van der Waals surface area (Å²) in [5.41, 5.74) is 3.89. The second-order valence-electron chi connectivity index (χ2n) is 9.00. The number of rotatable bonds is 4. The number of urea groups is 1. The summed E-state index contributed by atoms with van der Waals surface area (Å²) in [6.07, 6.45) is -0.541. The Hall–Kier alpha value is -3.25. The monoisotopic (exact) mass is 447 g/mol. The first kappa shape index (κ1) is 21.6. The summed E-state index contributed by atoms with van der Waals surface area (Å²) in [5.74, 6) is 0. The zero-order valence-electron chi connectivity index (χ0n) is 18.4. The highest BCUT2D eigenvalue weighted by Gasteiger charge is 2.46. The number of halogens is 2. The molecule has 1 spiro atoms. The summed E-state index contributed by atoms with van der Waals surface area (Å²) in [7, 11) is 0. The normalized spacial score (nSPS) is 17.4. The molecule has 0 unspecified atom stereocenters. The number of fused-ring (bicyclic) bond motifs is 2. The van der Waals surface area contributed by atoms with Gasteiger partial charge >= 0.3 is 6.03 Å². The molecule has 3 aromatic rings. The molecule has 1 N–H and O–H groups in total. The maximum Gasteiger partial charge on any atom is 0.326 e. The Morgan fingerprint density at radius 3 is 2.27 bits per heavy atom. The number of nitrogens with zero attached hydrogens (tertiary/aromatic N) is 2. The minimum atomic E-state index is -2.52. The molecule has 170 valence electrons. The van der Waals surface area contributed by atoms with Gasteiger partial charge in [0.25, 0.3) is 6.43 Å². The summed E-state index contributed by atoms with van der Waals surface area (Å²) in [4.78, 5) is 17.5. The van der Waals surface area contributed by atoms with Crippen molar-refractivity contribution in [2.24, 2.45) is 0 Å². The fourth-order valence-electron chi connectivity index (χ4n) is 5.12. The van der Waals surface area contributed by atoms with Gasteiger partial charge in [0.1, 0.15) is 0 Å². The average molecular weight is 448 g/mol. The molecule has 33 heavy (non-hydrogen) atoms. The number of hydrogen-bond donors (Lipinski definition) is 1.